The average molecular weight is 519 g/mol. The van der Waals surface area contributed by atoms with Gasteiger partial charge in [0.1, 0.15) is 6.10 Å². The number of esters is 1. The number of carbonyl (C=O) groups excluding carboxylic acids is 1. The van der Waals surface area contributed by atoms with Gasteiger partial charge in [0.2, 0.25) is 0 Å². The maximum absolute atomic E-state index is 13.2. The second-order valence-corrected chi connectivity index (χ2v) is 12.9. The molecule has 4 aliphatic carbocycles. The molecule has 4 saturated carbocycles. The Morgan fingerprint density at radius 2 is 1.51 bits per heavy atom. The fourth-order valence-corrected chi connectivity index (χ4v) is 9.52. The maximum Gasteiger partial charge on any atom is 0.338 e. The minimum Gasteiger partial charge on any atom is -0.459 e. The molecule has 200 valence electrons. The average Bonchev–Trinajstić information content (AvgIpc) is 3.62. The Labute approximate surface area is 230 Å². The molecule has 8 rings (SSSR count). The molecule has 4 heteroatoms. The van der Waals surface area contributed by atoms with Gasteiger partial charge in [0.05, 0.1) is 16.8 Å². The Balaban J connectivity index is 0.948. The zero-order chi connectivity index (χ0) is 25.9. The lowest BCUT2D eigenvalue weighted by Gasteiger charge is -2.52. The van der Waals surface area contributed by atoms with E-state index in [0.717, 1.165) is 70.6 Å². The summed E-state index contributed by atoms with van der Waals surface area (Å²) >= 11 is 0. The van der Waals surface area contributed by atoms with E-state index in [9.17, 15) is 4.79 Å². The summed E-state index contributed by atoms with van der Waals surface area (Å²) in [5.41, 5.74) is 4.67. The van der Waals surface area contributed by atoms with Gasteiger partial charge < -0.3 is 9.72 Å². The van der Waals surface area contributed by atoms with Crippen molar-refractivity contribution in [2.75, 3.05) is 0 Å². The highest BCUT2D eigenvalue weighted by Crippen LogP contribution is 2.58. The van der Waals surface area contributed by atoms with Crippen LogP contribution in [0.5, 0.6) is 0 Å². The number of H-pyrrole nitrogens is 1. The van der Waals surface area contributed by atoms with Crippen LogP contribution in [0.15, 0.2) is 60.8 Å². The fraction of sp³-hybridized carbons (Fsp3) is 0.486. The predicted molar refractivity (Wildman–Crippen MR) is 155 cm³/mol. The first-order valence-electron chi connectivity index (χ1n) is 15.4. The molecule has 4 fully saturated rings. The first-order valence-corrected chi connectivity index (χ1v) is 15.4. The zero-order valence-electron chi connectivity index (χ0n) is 22.6. The molecule has 0 radical (unpaired) electrons. The van der Waals surface area contributed by atoms with Gasteiger partial charge in [-0.15, -0.1) is 0 Å². The predicted octanol–water partition coefficient (Wildman–Crippen LogP) is 8.56. The van der Waals surface area contributed by atoms with Crippen LogP contribution in [0, 0.1) is 35.5 Å². The molecule has 1 N–H and O–H groups in total. The number of para-hydroxylation sites is 1. The van der Waals surface area contributed by atoms with E-state index in [0.29, 0.717) is 5.56 Å². The van der Waals surface area contributed by atoms with Crippen molar-refractivity contribution in [3.05, 3.63) is 66.4 Å². The van der Waals surface area contributed by atoms with Crippen molar-refractivity contribution in [2.45, 2.75) is 70.3 Å². The highest BCUT2D eigenvalue weighted by atomic mass is 16.5. The van der Waals surface area contributed by atoms with E-state index >= 15 is 0 Å². The number of nitrogens with one attached hydrogen (secondary N) is 1. The van der Waals surface area contributed by atoms with Gasteiger partial charge in [0.25, 0.3) is 0 Å². The summed E-state index contributed by atoms with van der Waals surface area (Å²) in [7, 11) is 0. The Kier molecular flexibility index (Phi) is 5.78. The SMILES string of the molecule is O=C(OC1CCC2C(CCC3C4CCCC4CCC23)C1)c1ccc(-c2nccc3c2[nH]c2ccccc23)cc1. The van der Waals surface area contributed by atoms with Gasteiger partial charge >= 0.3 is 5.97 Å². The molecular weight excluding hydrogens is 480 g/mol. The standard InChI is InChI=1S/C35H38N2O2/c38-35(39-25-14-17-27-24(20-25)13-16-28-26-6-3-4-21(26)12-15-29(27)28)23-10-8-22(9-11-23)33-34-31(18-19-36-33)30-5-1-2-7-32(30)37-34/h1-2,5,7-11,18-19,21,24-29,37H,3-4,6,12-17,20H2. The topological polar surface area (TPSA) is 55.0 Å². The van der Waals surface area contributed by atoms with Crippen LogP contribution in [-0.4, -0.2) is 22.0 Å². The molecule has 4 aliphatic rings. The smallest absolute Gasteiger partial charge is 0.338 e. The number of pyridine rings is 1. The molecule has 2 heterocycles. The molecule has 2 aromatic heterocycles. The van der Waals surface area contributed by atoms with Crippen LogP contribution in [0.4, 0.5) is 0 Å². The maximum atomic E-state index is 13.2. The molecule has 7 atom stereocenters. The van der Waals surface area contributed by atoms with Crippen LogP contribution in [0.1, 0.15) is 74.6 Å². The molecule has 0 bridgehead atoms. The van der Waals surface area contributed by atoms with E-state index in [1.165, 1.54) is 62.1 Å². The Morgan fingerprint density at radius 3 is 2.38 bits per heavy atom. The zero-order valence-corrected chi connectivity index (χ0v) is 22.6. The van der Waals surface area contributed by atoms with E-state index in [-0.39, 0.29) is 12.1 Å². The largest absolute Gasteiger partial charge is 0.459 e. The monoisotopic (exact) mass is 518 g/mol. The molecule has 7 unspecified atom stereocenters. The molecule has 4 nitrogen and oxygen atoms in total. The van der Waals surface area contributed by atoms with Crippen LogP contribution in [-0.2, 0) is 4.74 Å². The van der Waals surface area contributed by atoms with Gasteiger partial charge in [-0.1, -0.05) is 43.2 Å². The van der Waals surface area contributed by atoms with Crippen molar-refractivity contribution >= 4 is 27.8 Å². The molecular formula is C35H38N2O2. The third-order valence-corrected chi connectivity index (χ3v) is 11.2. The molecule has 39 heavy (non-hydrogen) atoms. The second-order valence-electron chi connectivity index (χ2n) is 12.9. The number of carbonyl (C=O) groups is 1. The Bertz CT molecular complexity index is 1520. The highest BCUT2D eigenvalue weighted by molar-refractivity contribution is 6.10. The summed E-state index contributed by atoms with van der Waals surface area (Å²) in [5, 5.41) is 2.37. The first-order chi connectivity index (χ1) is 19.2. The lowest BCUT2D eigenvalue weighted by Crippen LogP contribution is -2.45. The van der Waals surface area contributed by atoms with Crippen molar-refractivity contribution < 1.29 is 9.53 Å². The number of aromatic amines is 1. The number of benzene rings is 2. The molecule has 0 aliphatic heterocycles. The first kappa shape index (κ1) is 23.7. The summed E-state index contributed by atoms with van der Waals surface area (Å²) in [6.07, 6.45) is 15.5. The van der Waals surface area contributed by atoms with E-state index in [4.69, 9.17) is 4.74 Å². The normalized spacial score (nSPS) is 31.9. The summed E-state index contributed by atoms with van der Waals surface area (Å²) in [6, 6.07) is 18.2. The number of hydrogen-bond acceptors (Lipinski definition) is 3. The van der Waals surface area contributed by atoms with E-state index < -0.39 is 0 Å². The summed E-state index contributed by atoms with van der Waals surface area (Å²) < 4.78 is 6.13. The minimum atomic E-state index is -0.179. The van der Waals surface area contributed by atoms with Crippen molar-refractivity contribution in [1.82, 2.24) is 9.97 Å². The summed E-state index contributed by atoms with van der Waals surface area (Å²) in [4.78, 5) is 21.4. The number of ether oxygens (including phenoxy) is 1. The number of rotatable bonds is 3. The highest BCUT2D eigenvalue weighted by Gasteiger charge is 2.49. The molecule has 4 aromatic rings. The number of nitrogens with zero attached hydrogens (tertiary/aromatic N) is 1. The lowest BCUT2D eigenvalue weighted by atomic mass is 9.53. The Morgan fingerprint density at radius 1 is 0.744 bits per heavy atom. The number of hydrogen-bond donors (Lipinski definition) is 1. The molecule has 0 amide bonds. The molecule has 0 spiro atoms. The van der Waals surface area contributed by atoms with Crippen molar-refractivity contribution in [1.29, 1.82) is 0 Å². The van der Waals surface area contributed by atoms with Crippen LogP contribution in [0.2, 0.25) is 0 Å². The van der Waals surface area contributed by atoms with Crippen LogP contribution >= 0.6 is 0 Å². The van der Waals surface area contributed by atoms with Gasteiger partial charge in [-0.2, -0.15) is 0 Å². The second kappa shape index (κ2) is 9.50. The van der Waals surface area contributed by atoms with Crippen molar-refractivity contribution in [3.8, 4) is 11.3 Å². The third-order valence-electron chi connectivity index (χ3n) is 11.2. The Hall–Kier alpha value is -3.14. The number of aromatic nitrogens is 2. The van der Waals surface area contributed by atoms with Gasteiger partial charge in [0.15, 0.2) is 0 Å². The van der Waals surface area contributed by atoms with Crippen LogP contribution < -0.4 is 0 Å². The summed E-state index contributed by atoms with van der Waals surface area (Å²) in [6.45, 7) is 0. The van der Waals surface area contributed by atoms with Crippen LogP contribution in [0.25, 0.3) is 33.1 Å². The molecule has 2 aromatic carbocycles. The lowest BCUT2D eigenvalue weighted by molar-refractivity contribution is -0.0532. The summed E-state index contributed by atoms with van der Waals surface area (Å²) in [5.74, 6) is 5.46. The minimum absolute atomic E-state index is 0.0690. The van der Waals surface area contributed by atoms with Crippen molar-refractivity contribution in [2.24, 2.45) is 35.5 Å². The van der Waals surface area contributed by atoms with Gasteiger partial charge in [-0.3, -0.25) is 4.98 Å². The van der Waals surface area contributed by atoms with E-state index in [1.807, 2.05) is 36.5 Å². The quantitative estimate of drug-likeness (QED) is 0.276. The number of fused-ring (bicyclic) bond motifs is 8. The fourth-order valence-electron chi connectivity index (χ4n) is 9.52. The van der Waals surface area contributed by atoms with Gasteiger partial charge in [-0.05, 0) is 111 Å². The molecule has 0 saturated heterocycles. The third kappa shape index (κ3) is 4.01. The van der Waals surface area contributed by atoms with Crippen LogP contribution in [0.3, 0.4) is 0 Å². The van der Waals surface area contributed by atoms with Gasteiger partial charge in [-0.25, -0.2) is 4.79 Å². The van der Waals surface area contributed by atoms with Gasteiger partial charge in [0, 0.05) is 28.0 Å². The van der Waals surface area contributed by atoms with Crippen molar-refractivity contribution in [3.63, 3.8) is 0 Å². The van der Waals surface area contributed by atoms with E-state index in [2.05, 4.69) is 34.2 Å². The van der Waals surface area contributed by atoms with E-state index in [1.54, 1.807) is 0 Å².